The smallest absolute Gasteiger partial charge is 0.326 e. The summed E-state index contributed by atoms with van der Waals surface area (Å²) in [6.07, 6.45) is 1.44. The standard InChI is InChI=1S/C11H10N2O4.C10H10N2O3/c14-6-8-1-2-10-9(5-8)12-11(16)13(10)3-4-17-7-15;13-4-3-12-9-2-1-7(6-14)5-8(9)11-10(12)15/h1-2,5-7H,3-4H2,(H,12,16);1-2,5-6,13H,3-4H2,(H,11,15). The molecule has 166 valence electrons. The fourth-order valence-electron chi connectivity index (χ4n) is 3.25. The second-order valence-corrected chi connectivity index (χ2v) is 6.64. The maximum Gasteiger partial charge on any atom is 0.326 e. The predicted molar refractivity (Wildman–Crippen MR) is 115 cm³/mol. The van der Waals surface area contributed by atoms with Crippen molar-refractivity contribution in [2.75, 3.05) is 13.2 Å². The lowest BCUT2D eigenvalue weighted by Crippen LogP contribution is -2.19. The molecule has 11 heteroatoms. The molecule has 0 amide bonds. The Labute approximate surface area is 179 Å². The molecule has 0 atom stereocenters. The summed E-state index contributed by atoms with van der Waals surface area (Å²) in [6.45, 7) is 0.899. The van der Waals surface area contributed by atoms with Crippen molar-refractivity contribution in [3.63, 3.8) is 0 Å². The number of H-pyrrole nitrogens is 2. The number of imidazole rings is 2. The molecule has 0 saturated carbocycles. The molecular weight excluding hydrogens is 420 g/mol. The molecule has 4 aromatic rings. The molecule has 2 aromatic heterocycles. The van der Waals surface area contributed by atoms with Gasteiger partial charge < -0.3 is 19.8 Å². The molecular formula is C21H20N4O7. The summed E-state index contributed by atoms with van der Waals surface area (Å²) < 4.78 is 7.43. The highest BCUT2D eigenvalue weighted by molar-refractivity contribution is 5.85. The first-order chi connectivity index (χ1) is 15.5. The van der Waals surface area contributed by atoms with Gasteiger partial charge in [0, 0.05) is 11.1 Å². The van der Waals surface area contributed by atoms with Gasteiger partial charge in [0.05, 0.1) is 41.8 Å². The van der Waals surface area contributed by atoms with Gasteiger partial charge in [-0.1, -0.05) is 0 Å². The molecule has 2 heterocycles. The molecule has 32 heavy (non-hydrogen) atoms. The first-order valence-electron chi connectivity index (χ1n) is 9.54. The number of nitrogens with zero attached hydrogens (tertiary/aromatic N) is 2. The fraction of sp³-hybridized carbons (Fsp3) is 0.190. The molecule has 2 aromatic carbocycles. The van der Waals surface area contributed by atoms with Gasteiger partial charge >= 0.3 is 11.4 Å². The Bertz CT molecular complexity index is 1380. The third-order valence-corrected chi connectivity index (χ3v) is 4.69. The number of nitrogens with one attached hydrogen (secondary N) is 2. The quantitative estimate of drug-likeness (QED) is 0.265. The van der Waals surface area contributed by atoms with E-state index in [0.29, 0.717) is 46.0 Å². The molecule has 3 N–H and O–H groups in total. The zero-order valence-corrected chi connectivity index (χ0v) is 16.8. The van der Waals surface area contributed by atoms with Gasteiger partial charge in [0.25, 0.3) is 6.47 Å². The van der Waals surface area contributed by atoms with E-state index < -0.39 is 0 Å². The first kappa shape index (κ1) is 22.4. The van der Waals surface area contributed by atoms with Gasteiger partial charge in [-0.15, -0.1) is 0 Å². The minimum atomic E-state index is -0.294. The Balaban J connectivity index is 0.000000182. The highest BCUT2D eigenvalue weighted by Gasteiger charge is 2.07. The number of aliphatic hydroxyl groups excluding tert-OH is 1. The summed E-state index contributed by atoms with van der Waals surface area (Å²) in [6, 6.07) is 9.83. The Kier molecular flexibility index (Phi) is 7.13. The van der Waals surface area contributed by atoms with E-state index in [1.54, 1.807) is 36.4 Å². The van der Waals surface area contributed by atoms with E-state index in [4.69, 9.17) is 5.11 Å². The van der Waals surface area contributed by atoms with E-state index in [-0.39, 0.29) is 37.7 Å². The number of carbonyl (C=O) groups excluding carboxylic acids is 3. The molecule has 0 spiro atoms. The average Bonchev–Trinajstić information content (AvgIpc) is 3.29. The second-order valence-electron chi connectivity index (χ2n) is 6.64. The van der Waals surface area contributed by atoms with Crippen LogP contribution in [0.4, 0.5) is 0 Å². The molecule has 0 aliphatic heterocycles. The van der Waals surface area contributed by atoms with E-state index in [0.717, 1.165) is 6.29 Å². The van der Waals surface area contributed by atoms with Gasteiger partial charge in [-0.05, 0) is 36.4 Å². The Morgan fingerprint density at radius 3 is 1.75 bits per heavy atom. The normalized spacial score (nSPS) is 10.5. The molecule has 0 aliphatic carbocycles. The maximum absolute atomic E-state index is 11.6. The van der Waals surface area contributed by atoms with Crippen LogP contribution in [-0.4, -0.2) is 56.5 Å². The molecule has 0 radical (unpaired) electrons. The van der Waals surface area contributed by atoms with Crippen LogP contribution in [0, 0.1) is 0 Å². The lowest BCUT2D eigenvalue weighted by molar-refractivity contribution is -0.128. The Hall–Kier alpha value is -4.25. The molecule has 0 fully saturated rings. The highest BCUT2D eigenvalue weighted by Crippen LogP contribution is 2.12. The van der Waals surface area contributed by atoms with Crippen molar-refractivity contribution in [2.45, 2.75) is 13.1 Å². The average molecular weight is 440 g/mol. The van der Waals surface area contributed by atoms with E-state index >= 15 is 0 Å². The van der Waals surface area contributed by atoms with Gasteiger partial charge in [-0.2, -0.15) is 0 Å². The van der Waals surface area contributed by atoms with Crippen molar-refractivity contribution in [3.05, 3.63) is 68.5 Å². The van der Waals surface area contributed by atoms with Crippen LogP contribution in [-0.2, 0) is 22.6 Å². The summed E-state index contributed by atoms with van der Waals surface area (Å²) in [5.74, 6) is 0. The number of rotatable bonds is 8. The molecule has 0 aliphatic rings. The van der Waals surface area contributed by atoms with Gasteiger partial charge in [0.2, 0.25) is 0 Å². The van der Waals surface area contributed by atoms with Crippen LogP contribution in [0.5, 0.6) is 0 Å². The summed E-state index contributed by atoms with van der Waals surface area (Å²) >= 11 is 0. The number of ether oxygens (including phenoxy) is 1. The van der Waals surface area contributed by atoms with Crippen molar-refractivity contribution < 1.29 is 24.2 Å². The number of hydrogen-bond donors (Lipinski definition) is 3. The van der Waals surface area contributed by atoms with Crippen molar-refractivity contribution in [1.82, 2.24) is 19.1 Å². The topological polar surface area (TPSA) is 156 Å². The minimum absolute atomic E-state index is 0.0949. The van der Waals surface area contributed by atoms with Crippen molar-refractivity contribution in [2.24, 2.45) is 0 Å². The predicted octanol–water partition coefficient (Wildman–Crippen LogP) is 0.449. The second kappa shape index (κ2) is 10.2. The molecule has 0 bridgehead atoms. The van der Waals surface area contributed by atoms with E-state index in [1.807, 2.05) is 0 Å². The summed E-state index contributed by atoms with van der Waals surface area (Å²) in [7, 11) is 0. The fourth-order valence-corrected chi connectivity index (χ4v) is 3.25. The highest BCUT2D eigenvalue weighted by atomic mass is 16.5. The molecule has 11 nitrogen and oxygen atoms in total. The van der Waals surface area contributed by atoms with Crippen LogP contribution in [0.15, 0.2) is 46.0 Å². The third-order valence-electron chi connectivity index (χ3n) is 4.69. The monoisotopic (exact) mass is 440 g/mol. The van der Waals surface area contributed by atoms with Crippen LogP contribution < -0.4 is 11.4 Å². The largest absolute Gasteiger partial charge is 0.466 e. The summed E-state index contributed by atoms with van der Waals surface area (Å²) in [5.41, 5.74) is 3.01. The number of aromatic nitrogens is 4. The molecule has 0 saturated heterocycles. The van der Waals surface area contributed by atoms with Crippen molar-refractivity contribution in [1.29, 1.82) is 0 Å². The Morgan fingerprint density at radius 1 is 0.812 bits per heavy atom. The summed E-state index contributed by atoms with van der Waals surface area (Å²) in [5, 5.41) is 8.79. The van der Waals surface area contributed by atoms with Gasteiger partial charge in [0.1, 0.15) is 19.2 Å². The van der Waals surface area contributed by atoms with Crippen LogP contribution >= 0.6 is 0 Å². The van der Waals surface area contributed by atoms with Crippen LogP contribution in [0.25, 0.3) is 22.1 Å². The SMILES string of the molecule is O=COCCn1c(=O)[nH]c2cc(C=O)ccc21.O=Cc1ccc2c(c1)[nH]c(=O)n2CCO. The van der Waals surface area contributed by atoms with Gasteiger partial charge in [-0.3, -0.25) is 23.5 Å². The number of aliphatic hydroxyl groups is 1. The third kappa shape index (κ3) is 4.73. The van der Waals surface area contributed by atoms with Crippen LogP contribution in [0.1, 0.15) is 20.7 Å². The zero-order valence-electron chi connectivity index (χ0n) is 16.8. The Morgan fingerprint density at radius 2 is 1.31 bits per heavy atom. The van der Waals surface area contributed by atoms with Crippen LogP contribution in [0.2, 0.25) is 0 Å². The van der Waals surface area contributed by atoms with E-state index in [2.05, 4.69) is 14.7 Å². The van der Waals surface area contributed by atoms with E-state index in [9.17, 15) is 24.0 Å². The van der Waals surface area contributed by atoms with Crippen molar-refractivity contribution >= 4 is 41.1 Å². The first-order valence-corrected chi connectivity index (χ1v) is 9.54. The number of aldehydes is 2. The summed E-state index contributed by atoms with van der Waals surface area (Å²) in [4.78, 5) is 59.4. The lowest BCUT2D eigenvalue weighted by Gasteiger charge is -2.01. The zero-order chi connectivity index (χ0) is 23.1. The maximum atomic E-state index is 11.6. The minimum Gasteiger partial charge on any atom is -0.466 e. The van der Waals surface area contributed by atoms with E-state index in [1.165, 1.54) is 9.13 Å². The molecule has 0 unspecified atom stereocenters. The van der Waals surface area contributed by atoms with Gasteiger partial charge in [-0.25, -0.2) is 9.59 Å². The number of fused-ring (bicyclic) bond motifs is 2. The number of carbonyl (C=O) groups is 3. The molecule has 4 rings (SSSR count). The number of aromatic amines is 2. The number of hydrogen-bond acceptors (Lipinski definition) is 7. The lowest BCUT2D eigenvalue weighted by atomic mass is 10.2. The van der Waals surface area contributed by atoms with Crippen LogP contribution in [0.3, 0.4) is 0 Å². The number of benzene rings is 2. The van der Waals surface area contributed by atoms with Crippen molar-refractivity contribution in [3.8, 4) is 0 Å². The van der Waals surface area contributed by atoms with Gasteiger partial charge in [0.15, 0.2) is 0 Å².